The maximum absolute atomic E-state index is 5.90. The van der Waals surface area contributed by atoms with Gasteiger partial charge in [0.1, 0.15) is 17.1 Å². The van der Waals surface area contributed by atoms with Crippen molar-refractivity contribution in [1.29, 1.82) is 0 Å². The van der Waals surface area contributed by atoms with Crippen LogP contribution in [0, 0.1) is 0 Å². The van der Waals surface area contributed by atoms with Crippen LogP contribution in [0.15, 0.2) is 36.5 Å². The van der Waals surface area contributed by atoms with Crippen LogP contribution in [0.4, 0.5) is 0 Å². The average Bonchev–Trinajstić information content (AvgIpc) is 2.87. The Hall–Kier alpha value is -2.14. The molecule has 0 saturated carbocycles. The van der Waals surface area contributed by atoms with Crippen LogP contribution in [0.1, 0.15) is 11.5 Å². The molecule has 2 aromatic heterocycles. The summed E-state index contributed by atoms with van der Waals surface area (Å²) < 4.78 is 7.50. The SMILES string of the molecule is COc1cccc2c1nc(CCCl)n2Cc1cccnn1. The number of benzene rings is 1. The first-order chi connectivity index (χ1) is 10.3. The first-order valence-corrected chi connectivity index (χ1v) is 7.21. The number of alkyl halides is 1. The molecule has 0 radical (unpaired) electrons. The van der Waals surface area contributed by atoms with Crippen LogP contribution >= 0.6 is 11.6 Å². The fraction of sp³-hybridized carbons (Fsp3) is 0.267. The lowest BCUT2D eigenvalue weighted by atomic mass is 10.3. The van der Waals surface area contributed by atoms with Crippen LogP contribution in [0.2, 0.25) is 0 Å². The molecule has 0 atom stereocenters. The number of aryl methyl sites for hydroxylation is 1. The molecule has 0 fully saturated rings. The molecule has 0 unspecified atom stereocenters. The van der Waals surface area contributed by atoms with E-state index < -0.39 is 0 Å². The Balaban J connectivity index is 2.12. The monoisotopic (exact) mass is 302 g/mol. The number of imidazole rings is 1. The maximum Gasteiger partial charge on any atom is 0.146 e. The number of fused-ring (bicyclic) bond motifs is 1. The van der Waals surface area contributed by atoms with Crippen molar-refractivity contribution in [3.63, 3.8) is 0 Å². The molecule has 3 rings (SSSR count). The molecule has 0 bridgehead atoms. The molecule has 0 N–H and O–H groups in total. The second kappa shape index (κ2) is 6.10. The number of halogens is 1. The maximum atomic E-state index is 5.90. The smallest absolute Gasteiger partial charge is 0.146 e. The van der Waals surface area contributed by atoms with E-state index in [0.29, 0.717) is 18.8 Å². The van der Waals surface area contributed by atoms with Crippen molar-refractivity contribution in [2.24, 2.45) is 0 Å². The molecular formula is C15H15ClN4O. The molecular weight excluding hydrogens is 288 g/mol. The van der Waals surface area contributed by atoms with Crippen LogP contribution in [-0.4, -0.2) is 32.7 Å². The van der Waals surface area contributed by atoms with Gasteiger partial charge >= 0.3 is 0 Å². The van der Waals surface area contributed by atoms with Crippen molar-refractivity contribution in [2.45, 2.75) is 13.0 Å². The van der Waals surface area contributed by atoms with Crippen LogP contribution in [0.5, 0.6) is 5.75 Å². The van der Waals surface area contributed by atoms with Crippen LogP contribution in [0.3, 0.4) is 0 Å². The van der Waals surface area contributed by atoms with Crippen molar-refractivity contribution in [3.8, 4) is 5.75 Å². The fourth-order valence-electron chi connectivity index (χ4n) is 2.37. The van der Waals surface area contributed by atoms with E-state index in [9.17, 15) is 0 Å². The van der Waals surface area contributed by atoms with E-state index in [2.05, 4.69) is 19.7 Å². The molecule has 3 aromatic rings. The third-order valence-corrected chi connectivity index (χ3v) is 3.50. The number of hydrogen-bond acceptors (Lipinski definition) is 4. The Morgan fingerprint density at radius 3 is 2.86 bits per heavy atom. The molecule has 1 aromatic carbocycles. The van der Waals surface area contributed by atoms with Crippen molar-refractivity contribution in [3.05, 3.63) is 48.0 Å². The Morgan fingerprint density at radius 1 is 1.24 bits per heavy atom. The van der Waals surface area contributed by atoms with Gasteiger partial charge in [0, 0.05) is 18.5 Å². The van der Waals surface area contributed by atoms with Gasteiger partial charge in [-0.25, -0.2) is 4.98 Å². The Bertz CT molecular complexity index is 742. The first kappa shape index (κ1) is 13.8. The predicted molar refractivity (Wildman–Crippen MR) is 81.8 cm³/mol. The molecule has 0 saturated heterocycles. The van der Waals surface area contributed by atoms with Crippen molar-refractivity contribution in [2.75, 3.05) is 13.0 Å². The van der Waals surface area contributed by atoms with Gasteiger partial charge in [0.2, 0.25) is 0 Å². The lowest BCUT2D eigenvalue weighted by Gasteiger charge is -2.07. The summed E-state index contributed by atoms with van der Waals surface area (Å²) in [6, 6.07) is 9.72. The molecule has 0 aliphatic rings. The lowest BCUT2D eigenvalue weighted by Crippen LogP contribution is -2.07. The van der Waals surface area contributed by atoms with E-state index >= 15 is 0 Å². The van der Waals surface area contributed by atoms with Crippen molar-refractivity contribution in [1.82, 2.24) is 19.7 Å². The van der Waals surface area contributed by atoms with Crippen LogP contribution in [0.25, 0.3) is 11.0 Å². The minimum absolute atomic E-state index is 0.520. The largest absolute Gasteiger partial charge is 0.494 e. The Morgan fingerprint density at radius 2 is 2.14 bits per heavy atom. The van der Waals surface area contributed by atoms with E-state index in [1.807, 2.05) is 30.3 Å². The number of nitrogens with zero attached hydrogens (tertiary/aromatic N) is 4. The predicted octanol–water partition coefficient (Wildman–Crippen LogP) is 2.66. The Kier molecular flexibility index (Phi) is 4.01. The zero-order valence-electron chi connectivity index (χ0n) is 11.7. The van der Waals surface area contributed by atoms with E-state index in [1.54, 1.807) is 13.3 Å². The van der Waals surface area contributed by atoms with E-state index in [4.69, 9.17) is 16.3 Å². The fourth-order valence-corrected chi connectivity index (χ4v) is 2.53. The number of ether oxygens (including phenoxy) is 1. The van der Waals surface area contributed by atoms with Crippen molar-refractivity contribution >= 4 is 22.6 Å². The van der Waals surface area contributed by atoms with E-state index in [0.717, 1.165) is 28.3 Å². The number of rotatable bonds is 5. The molecule has 5 nitrogen and oxygen atoms in total. The van der Waals surface area contributed by atoms with E-state index in [1.165, 1.54) is 0 Å². The van der Waals surface area contributed by atoms with Gasteiger partial charge < -0.3 is 9.30 Å². The highest BCUT2D eigenvalue weighted by Crippen LogP contribution is 2.26. The highest BCUT2D eigenvalue weighted by atomic mass is 35.5. The van der Waals surface area contributed by atoms with Crippen LogP contribution in [-0.2, 0) is 13.0 Å². The summed E-state index contributed by atoms with van der Waals surface area (Å²) in [4.78, 5) is 4.67. The minimum atomic E-state index is 0.520. The number of para-hydroxylation sites is 1. The molecule has 0 spiro atoms. The van der Waals surface area contributed by atoms with Gasteiger partial charge in [-0.2, -0.15) is 10.2 Å². The summed E-state index contributed by atoms with van der Waals surface area (Å²) >= 11 is 5.90. The van der Waals surface area contributed by atoms with Gasteiger partial charge in [-0.3, -0.25) is 0 Å². The van der Waals surface area contributed by atoms with Gasteiger partial charge in [0.05, 0.1) is 24.9 Å². The molecule has 6 heteroatoms. The Labute approximate surface area is 127 Å². The molecule has 0 aliphatic carbocycles. The highest BCUT2D eigenvalue weighted by Gasteiger charge is 2.14. The van der Waals surface area contributed by atoms with Gasteiger partial charge in [0.15, 0.2) is 0 Å². The third-order valence-electron chi connectivity index (χ3n) is 3.31. The topological polar surface area (TPSA) is 52.8 Å². The zero-order valence-corrected chi connectivity index (χ0v) is 12.4. The summed E-state index contributed by atoms with van der Waals surface area (Å²) in [5.41, 5.74) is 2.75. The van der Waals surface area contributed by atoms with E-state index in [-0.39, 0.29) is 0 Å². The standard InChI is InChI=1S/C15H15ClN4O/c1-21-13-6-2-5-12-15(13)18-14(7-8-16)20(12)10-11-4-3-9-17-19-11/h2-6,9H,7-8,10H2,1H3. The average molecular weight is 303 g/mol. The molecule has 0 amide bonds. The number of hydrogen-bond donors (Lipinski definition) is 0. The minimum Gasteiger partial charge on any atom is -0.494 e. The normalized spacial score (nSPS) is 11.0. The second-order valence-electron chi connectivity index (χ2n) is 4.60. The first-order valence-electron chi connectivity index (χ1n) is 6.68. The molecule has 108 valence electrons. The highest BCUT2D eigenvalue weighted by molar-refractivity contribution is 6.17. The summed E-state index contributed by atoms with van der Waals surface area (Å²) in [7, 11) is 1.65. The molecule has 21 heavy (non-hydrogen) atoms. The number of aromatic nitrogens is 4. The van der Waals surface area contributed by atoms with Crippen LogP contribution < -0.4 is 4.74 Å². The lowest BCUT2D eigenvalue weighted by molar-refractivity contribution is 0.419. The summed E-state index contributed by atoms with van der Waals surface area (Å²) in [5, 5.41) is 8.06. The zero-order chi connectivity index (χ0) is 14.7. The summed E-state index contributed by atoms with van der Waals surface area (Å²) in [6.45, 7) is 0.615. The van der Waals surface area contributed by atoms with Gasteiger partial charge in [-0.15, -0.1) is 11.6 Å². The number of methoxy groups -OCH3 is 1. The third kappa shape index (κ3) is 2.69. The molecule has 0 aliphatic heterocycles. The van der Waals surface area contributed by atoms with Gasteiger partial charge in [-0.1, -0.05) is 6.07 Å². The molecule has 2 heterocycles. The summed E-state index contributed by atoms with van der Waals surface area (Å²) in [5.74, 6) is 2.21. The van der Waals surface area contributed by atoms with Crippen molar-refractivity contribution < 1.29 is 4.74 Å². The second-order valence-corrected chi connectivity index (χ2v) is 4.97. The van der Waals surface area contributed by atoms with Gasteiger partial charge in [-0.05, 0) is 24.3 Å². The quantitative estimate of drug-likeness (QED) is 0.680. The summed E-state index contributed by atoms with van der Waals surface area (Å²) in [6.07, 6.45) is 2.36. The van der Waals surface area contributed by atoms with Gasteiger partial charge in [0.25, 0.3) is 0 Å².